The van der Waals surface area contributed by atoms with Crippen molar-refractivity contribution in [1.29, 1.82) is 0 Å². The van der Waals surface area contributed by atoms with Crippen LogP contribution < -0.4 is 4.72 Å². The first kappa shape index (κ1) is 15.6. The summed E-state index contributed by atoms with van der Waals surface area (Å²) in [4.78, 5) is 22.3. The monoisotopic (exact) mass is 307 g/mol. The predicted octanol–water partition coefficient (Wildman–Crippen LogP) is 0.356. The number of thiophene rings is 1. The second kappa shape index (κ2) is 6.64. The van der Waals surface area contributed by atoms with Crippen molar-refractivity contribution in [3.63, 3.8) is 0 Å². The van der Waals surface area contributed by atoms with Crippen LogP contribution in [0.3, 0.4) is 0 Å². The van der Waals surface area contributed by atoms with Crippen LogP contribution in [0.2, 0.25) is 0 Å². The van der Waals surface area contributed by atoms with Gasteiger partial charge in [0.1, 0.15) is 0 Å². The zero-order valence-electron chi connectivity index (χ0n) is 10.0. The summed E-state index contributed by atoms with van der Waals surface area (Å²) in [7, 11) is -2.82. The van der Waals surface area contributed by atoms with E-state index in [1.165, 1.54) is 18.4 Å². The van der Waals surface area contributed by atoms with E-state index in [1.54, 1.807) is 17.5 Å². The number of carbonyl (C=O) groups is 2. The second-order valence-corrected chi connectivity index (χ2v) is 6.35. The van der Waals surface area contributed by atoms with Crippen molar-refractivity contribution in [1.82, 2.24) is 4.72 Å². The normalized spacial score (nSPS) is 12.9. The highest BCUT2D eigenvalue weighted by Gasteiger charge is 2.25. The molecule has 0 spiro atoms. The topological polar surface area (TPSA) is 110 Å². The molecule has 1 rings (SSSR count). The first-order valence-corrected chi connectivity index (χ1v) is 7.69. The highest BCUT2D eigenvalue weighted by Crippen LogP contribution is 2.23. The average molecular weight is 307 g/mol. The van der Waals surface area contributed by atoms with E-state index in [4.69, 9.17) is 5.11 Å². The number of sulfonamides is 1. The molecule has 0 aliphatic heterocycles. The Balaban J connectivity index is 2.86. The van der Waals surface area contributed by atoms with Gasteiger partial charge >= 0.3 is 11.9 Å². The summed E-state index contributed by atoms with van der Waals surface area (Å²) in [5, 5.41) is 10.2. The number of ether oxygens (including phenoxy) is 1. The zero-order chi connectivity index (χ0) is 14.5. The third kappa shape index (κ3) is 5.37. The molecule has 0 saturated carbocycles. The van der Waals surface area contributed by atoms with E-state index in [9.17, 15) is 18.0 Å². The summed E-state index contributed by atoms with van der Waals surface area (Å²) in [5.74, 6) is -3.09. The molecule has 1 aromatic rings. The lowest BCUT2D eigenvalue weighted by Gasteiger charge is -2.15. The van der Waals surface area contributed by atoms with E-state index in [2.05, 4.69) is 9.46 Å². The van der Waals surface area contributed by atoms with Crippen LogP contribution >= 0.6 is 11.3 Å². The van der Waals surface area contributed by atoms with Crippen molar-refractivity contribution < 1.29 is 27.9 Å². The van der Waals surface area contributed by atoms with Crippen molar-refractivity contribution in [2.45, 2.75) is 12.5 Å². The van der Waals surface area contributed by atoms with Crippen molar-refractivity contribution in [2.75, 3.05) is 12.9 Å². The van der Waals surface area contributed by atoms with Crippen molar-refractivity contribution in [3.8, 4) is 0 Å². The Bertz CT molecular complexity index is 536. The van der Waals surface area contributed by atoms with Crippen LogP contribution in [0.5, 0.6) is 0 Å². The maximum atomic E-state index is 11.6. The molecule has 1 unspecified atom stereocenters. The van der Waals surface area contributed by atoms with Crippen LogP contribution in [-0.4, -0.2) is 38.3 Å². The third-order valence-electron chi connectivity index (χ3n) is 2.12. The smallest absolute Gasteiger partial charge is 0.320 e. The molecule has 2 N–H and O–H groups in total. The van der Waals surface area contributed by atoms with Crippen molar-refractivity contribution >= 4 is 33.3 Å². The van der Waals surface area contributed by atoms with Gasteiger partial charge < -0.3 is 9.84 Å². The third-order valence-corrected chi connectivity index (χ3v) is 4.38. The lowest BCUT2D eigenvalue weighted by molar-refractivity contribution is -0.141. The van der Waals surface area contributed by atoms with Crippen molar-refractivity contribution in [3.05, 3.63) is 22.4 Å². The van der Waals surface area contributed by atoms with E-state index in [1.807, 2.05) is 0 Å². The van der Waals surface area contributed by atoms with Gasteiger partial charge in [0, 0.05) is 4.88 Å². The van der Waals surface area contributed by atoms with Gasteiger partial charge in [-0.15, -0.1) is 11.3 Å². The predicted molar refractivity (Wildman–Crippen MR) is 68.3 cm³/mol. The number of aliphatic carboxylic acids is 1. The Labute approximate surface area is 114 Å². The molecule has 0 aliphatic carbocycles. The fourth-order valence-electron chi connectivity index (χ4n) is 1.36. The van der Waals surface area contributed by atoms with E-state index >= 15 is 0 Å². The van der Waals surface area contributed by atoms with Crippen LogP contribution in [0.15, 0.2) is 17.5 Å². The Morgan fingerprint density at radius 1 is 1.53 bits per heavy atom. The van der Waals surface area contributed by atoms with Crippen LogP contribution in [-0.2, 0) is 24.3 Å². The molecule has 0 fully saturated rings. The highest BCUT2D eigenvalue weighted by atomic mass is 32.2. The van der Waals surface area contributed by atoms with E-state index in [0.29, 0.717) is 4.88 Å². The number of rotatable bonds is 7. The second-order valence-electron chi connectivity index (χ2n) is 3.62. The molecule has 9 heteroatoms. The fourth-order valence-corrected chi connectivity index (χ4v) is 3.27. The largest absolute Gasteiger partial charge is 0.480 e. The molecule has 0 aliphatic rings. The van der Waals surface area contributed by atoms with Crippen LogP contribution in [0.1, 0.15) is 17.3 Å². The van der Waals surface area contributed by atoms with Gasteiger partial charge in [-0.05, 0) is 11.4 Å². The van der Waals surface area contributed by atoms with Gasteiger partial charge in [-0.2, -0.15) is 0 Å². The molecule has 0 aromatic carbocycles. The van der Waals surface area contributed by atoms with Crippen LogP contribution in [0.4, 0.5) is 0 Å². The molecular weight excluding hydrogens is 294 g/mol. The van der Waals surface area contributed by atoms with Gasteiger partial charge in [0.05, 0.1) is 19.6 Å². The van der Waals surface area contributed by atoms with Gasteiger partial charge in [0.15, 0.2) is 5.75 Å². The lowest BCUT2D eigenvalue weighted by atomic mass is 10.2. The Morgan fingerprint density at radius 2 is 2.21 bits per heavy atom. The first-order chi connectivity index (χ1) is 8.84. The van der Waals surface area contributed by atoms with E-state index in [0.717, 1.165) is 0 Å². The fraction of sp³-hybridized carbons (Fsp3) is 0.400. The maximum Gasteiger partial charge on any atom is 0.320 e. The minimum absolute atomic E-state index is 0.199. The number of carbonyl (C=O) groups excluding carboxylic acids is 1. The summed E-state index contributed by atoms with van der Waals surface area (Å²) in [5.41, 5.74) is 0. The average Bonchev–Trinajstić information content (AvgIpc) is 2.78. The molecule has 1 atom stereocenters. The number of hydrogen-bond acceptors (Lipinski definition) is 6. The number of hydrogen-bond donors (Lipinski definition) is 2. The van der Waals surface area contributed by atoms with Gasteiger partial charge in [0.25, 0.3) is 0 Å². The molecule has 0 amide bonds. The van der Waals surface area contributed by atoms with Gasteiger partial charge in [-0.1, -0.05) is 6.07 Å². The molecule has 0 saturated heterocycles. The minimum Gasteiger partial charge on any atom is -0.480 e. The standard InChI is InChI=1S/C10H13NO6S2/c1-17-10(14)5-7(8-3-2-4-18-8)11-19(15,16)6-9(12)13/h2-4,7,11H,5-6H2,1H3,(H,12,13). The zero-order valence-corrected chi connectivity index (χ0v) is 11.7. The molecule has 0 bridgehead atoms. The molecule has 106 valence electrons. The summed E-state index contributed by atoms with van der Waals surface area (Å²) in [6.45, 7) is 0. The molecule has 0 radical (unpaired) electrons. The van der Waals surface area contributed by atoms with Crippen LogP contribution in [0.25, 0.3) is 0 Å². The van der Waals surface area contributed by atoms with Crippen molar-refractivity contribution in [2.24, 2.45) is 0 Å². The highest BCUT2D eigenvalue weighted by molar-refractivity contribution is 7.90. The van der Waals surface area contributed by atoms with E-state index in [-0.39, 0.29) is 6.42 Å². The Hall–Kier alpha value is -1.45. The van der Waals surface area contributed by atoms with Gasteiger partial charge in [-0.3, -0.25) is 9.59 Å². The van der Waals surface area contributed by atoms with E-state index < -0.39 is 33.8 Å². The Morgan fingerprint density at radius 3 is 2.68 bits per heavy atom. The molecule has 19 heavy (non-hydrogen) atoms. The van der Waals surface area contributed by atoms with Crippen LogP contribution in [0, 0.1) is 0 Å². The number of methoxy groups -OCH3 is 1. The molecule has 1 aromatic heterocycles. The molecular formula is C10H13NO6S2. The molecule has 7 nitrogen and oxygen atoms in total. The quantitative estimate of drug-likeness (QED) is 0.704. The summed E-state index contributed by atoms with van der Waals surface area (Å²) < 4.78 is 29.8. The first-order valence-electron chi connectivity index (χ1n) is 5.16. The summed E-state index contributed by atoms with van der Waals surface area (Å²) in [6.07, 6.45) is -0.199. The van der Waals surface area contributed by atoms with Gasteiger partial charge in [-0.25, -0.2) is 13.1 Å². The maximum absolute atomic E-state index is 11.6. The number of esters is 1. The van der Waals surface area contributed by atoms with Gasteiger partial charge in [0.2, 0.25) is 10.0 Å². The lowest BCUT2D eigenvalue weighted by Crippen LogP contribution is -2.34. The number of nitrogens with one attached hydrogen (secondary N) is 1. The number of carboxylic acids is 1. The SMILES string of the molecule is COC(=O)CC(NS(=O)(=O)CC(=O)O)c1cccs1. The Kier molecular flexibility index (Phi) is 5.45. The minimum atomic E-state index is -4.01. The number of carboxylic acid groups (broad SMARTS) is 1. The summed E-state index contributed by atoms with van der Waals surface area (Å²) >= 11 is 1.26. The summed E-state index contributed by atoms with van der Waals surface area (Å²) in [6, 6.07) is 2.54. The molecule has 1 heterocycles.